The summed E-state index contributed by atoms with van der Waals surface area (Å²) in [6.07, 6.45) is 0.438. The number of methoxy groups -OCH3 is 1. The largest absolute Gasteiger partial charge is 0.489 e. The summed E-state index contributed by atoms with van der Waals surface area (Å²) in [7, 11) is 1.33. The number of halogens is 1. The highest BCUT2D eigenvalue weighted by atomic mass is 35.5. The van der Waals surface area contributed by atoms with Crippen LogP contribution < -0.4 is 10.5 Å². The third-order valence-corrected chi connectivity index (χ3v) is 2.91. The Balaban J connectivity index is 2.54. The lowest BCUT2D eigenvalue weighted by atomic mass is 10.1. The van der Waals surface area contributed by atoms with Gasteiger partial charge in [-0.15, -0.1) is 0 Å². The Labute approximate surface area is 118 Å². The van der Waals surface area contributed by atoms with Crippen molar-refractivity contribution in [2.45, 2.75) is 19.4 Å². The molecule has 0 heterocycles. The second-order valence-corrected chi connectivity index (χ2v) is 4.44. The van der Waals surface area contributed by atoms with Gasteiger partial charge in [0, 0.05) is 5.54 Å². The van der Waals surface area contributed by atoms with Crippen LogP contribution >= 0.6 is 11.6 Å². The molecule has 1 aromatic rings. The molecule has 0 bridgehead atoms. The highest BCUT2D eigenvalue weighted by molar-refractivity contribution is 6.25. The van der Waals surface area contributed by atoms with E-state index in [-0.39, 0.29) is 0 Å². The van der Waals surface area contributed by atoms with E-state index in [0.717, 1.165) is 16.9 Å². The standard InChI is InChI=1S/C14H18ClNO3/c1-10(8-15)9-19-12-5-3-11(4-6-12)7-13(16)14(17)18-2/h3-6,8,13H,7,9,16H2,1-2H3/b10-8+. The van der Waals surface area contributed by atoms with Gasteiger partial charge in [-0.3, -0.25) is 4.79 Å². The SMILES string of the molecule is COC(=O)C(N)Cc1ccc(OC/C(C)=C/Cl)cc1. The summed E-state index contributed by atoms with van der Waals surface area (Å²) in [6, 6.07) is 6.77. The minimum Gasteiger partial charge on any atom is -0.489 e. The van der Waals surface area contributed by atoms with Gasteiger partial charge >= 0.3 is 5.97 Å². The van der Waals surface area contributed by atoms with Crippen molar-refractivity contribution in [3.63, 3.8) is 0 Å². The average Bonchev–Trinajstić information content (AvgIpc) is 2.45. The van der Waals surface area contributed by atoms with Crippen molar-refractivity contribution >= 4 is 17.6 Å². The number of hydrogen-bond donors (Lipinski definition) is 1. The molecule has 0 aliphatic heterocycles. The molecule has 1 atom stereocenters. The molecule has 104 valence electrons. The summed E-state index contributed by atoms with van der Waals surface area (Å²) < 4.78 is 10.1. The Kier molecular flexibility index (Phi) is 6.39. The summed E-state index contributed by atoms with van der Waals surface area (Å²) in [5, 5.41) is 0. The molecule has 1 aromatic carbocycles. The van der Waals surface area contributed by atoms with Gasteiger partial charge in [0.2, 0.25) is 0 Å². The predicted molar refractivity (Wildman–Crippen MR) is 75.2 cm³/mol. The van der Waals surface area contributed by atoms with Crippen molar-refractivity contribution in [2.75, 3.05) is 13.7 Å². The molecule has 1 rings (SSSR count). The zero-order valence-electron chi connectivity index (χ0n) is 11.1. The Morgan fingerprint density at radius 3 is 2.58 bits per heavy atom. The fourth-order valence-corrected chi connectivity index (χ4v) is 1.50. The van der Waals surface area contributed by atoms with Crippen LogP contribution in [0, 0.1) is 0 Å². The van der Waals surface area contributed by atoms with Gasteiger partial charge in [0.15, 0.2) is 0 Å². The van der Waals surface area contributed by atoms with Crippen LogP contribution in [0.15, 0.2) is 35.4 Å². The summed E-state index contributed by atoms with van der Waals surface area (Å²) in [5.41, 5.74) is 9.07. The van der Waals surface area contributed by atoms with E-state index in [4.69, 9.17) is 22.1 Å². The minimum atomic E-state index is -0.641. The molecular formula is C14H18ClNO3. The van der Waals surface area contributed by atoms with E-state index in [9.17, 15) is 4.79 Å². The van der Waals surface area contributed by atoms with Crippen LogP contribution in [0.3, 0.4) is 0 Å². The zero-order valence-corrected chi connectivity index (χ0v) is 11.8. The van der Waals surface area contributed by atoms with E-state index >= 15 is 0 Å². The van der Waals surface area contributed by atoms with Crippen LogP contribution in [0.5, 0.6) is 5.75 Å². The number of ether oxygens (including phenoxy) is 2. The van der Waals surface area contributed by atoms with Crippen molar-refractivity contribution < 1.29 is 14.3 Å². The molecule has 0 spiro atoms. The van der Waals surface area contributed by atoms with E-state index in [0.29, 0.717) is 13.0 Å². The lowest BCUT2D eigenvalue weighted by molar-refractivity contribution is -0.142. The van der Waals surface area contributed by atoms with Crippen LogP contribution in [0.4, 0.5) is 0 Å². The number of rotatable bonds is 6. The van der Waals surface area contributed by atoms with Crippen molar-refractivity contribution in [1.82, 2.24) is 0 Å². The Hall–Kier alpha value is -1.52. The van der Waals surface area contributed by atoms with Crippen molar-refractivity contribution in [3.05, 3.63) is 40.9 Å². The summed E-state index contributed by atoms with van der Waals surface area (Å²) in [6.45, 7) is 2.33. The third kappa shape index (κ3) is 5.32. The second-order valence-electron chi connectivity index (χ2n) is 4.22. The molecule has 0 aliphatic rings. The number of esters is 1. The molecular weight excluding hydrogens is 266 g/mol. The molecule has 0 aromatic heterocycles. The Bertz CT molecular complexity index is 443. The fraction of sp³-hybridized carbons (Fsp3) is 0.357. The highest BCUT2D eigenvalue weighted by Crippen LogP contribution is 2.14. The minimum absolute atomic E-state index is 0.414. The predicted octanol–water partition coefficient (Wildman–Crippen LogP) is 2.25. The van der Waals surface area contributed by atoms with Crippen LogP contribution in [-0.2, 0) is 16.0 Å². The molecule has 0 amide bonds. The van der Waals surface area contributed by atoms with Crippen molar-refractivity contribution in [3.8, 4) is 5.75 Å². The Morgan fingerprint density at radius 1 is 1.42 bits per heavy atom. The smallest absolute Gasteiger partial charge is 0.322 e. The average molecular weight is 284 g/mol. The van der Waals surface area contributed by atoms with Gasteiger partial charge in [-0.2, -0.15) is 0 Å². The first-order valence-corrected chi connectivity index (χ1v) is 6.31. The van der Waals surface area contributed by atoms with Gasteiger partial charge in [-0.05, 0) is 36.6 Å². The van der Waals surface area contributed by atoms with Gasteiger partial charge in [-0.1, -0.05) is 23.7 Å². The first-order valence-electron chi connectivity index (χ1n) is 5.87. The molecule has 0 fully saturated rings. The zero-order chi connectivity index (χ0) is 14.3. The highest BCUT2D eigenvalue weighted by Gasteiger charge is 2.13. The van der Waals surface area contributed by atoms with E-state index in [1.54, 1.807) is 0 Å². The molecule has 0 saturated carbocycles. The van der Waals surface area contributed by atoms with E-state index < -0.39 is 12.0 Å². The lowest BCUT2D eigenvalue weighted by Gasteiger charge is -2.10. The summed E-state index contributed by atoms with van der Waals surface area (Å²) in [4.78, 5) is 11.2. The van der Waals surface area contributed by atoms with Gasteiger partial charge < -0.3 is 15.2 Å². The molecule has 2 N–H and O–H groups in total. The maximum Gasteiger partial charge on any atom is 0.322 e. The molecule has 5 heteroatoms. The number of carbonyl (C=O) groups is 1. The van der Waals surface area contributed by atoms with E-state index in [1.807, 2.05) is 31.2 Å². The van der Waals surface area contributed by atoms with Crippen LogP contribution in [0.25, 0.3) is 0 Å². The molecule has 4 nitrogen and oxygen atoms in total. The van der Waals surface area contributed by atoms with E-state index in [1.165, 1.54) is 12.6 Å². The van der Waals surface area contributed by atoms with Crippen LogP contribution in [0.1, 0.15) is 12.5 Å². The Morgan fingerprint density at radius 2 is 2.05 bits per heavy atom. The normalized spacial score (nSPS) is 12.9. The summed E-state index contributed by atoms with van der Waals surface area (Å²) >= 11 is 5.54. The quantitative estimate of drug-likeness (QED) is 0.814. The molecule has 1 unspecified atom stereocenters. The summed E-state index contributed by atoms with van der Waals surface area (Å²) in [5.74, 6) is 0.330. The second kappa shape index (κ2) is 7.81. The topological polar surface area (TPSA) is 61.5 Å². The van der Waals surface area contributed by atoms with E-state index in [2.05, 4.69) is 4.74 Å². The first kappa shape index (κ1) is 15.5. The number of carbonyl (C=O) groups excluding carboxylic acids is 1. The van der Waals surface area contributed by atoms with Gasteiger partial charge in [0.25, 0.3) is 0 Å². The molecule has 0 radical (unpaired) electrons. The van der Waals surface area contributed by atoms with Crippen LogP contribution in [-0.4, -0.2) is 25.7 Å². The van der Waals surface area contributed by atoms with Gasteiger partial charge in [-0.25, -0.2) is 0 Å². The third-order valence-electron chi connectivity index (χ3n) is 2.54. The number of benzene rings is 1. The van der Waals surface area contributed by atoms with Gasteiger partial charge in [0.05, 0.1) is 7.11 Å². The molecule has 0 aliphatic carbocycles. The molecule has 19 heavy (non-hydrogen) atoms. The fourth-order valence-electron chi connectivity index (χ4n) is 1.44. The number of hydrogen-bond acceptors (Lipinski definition) is 4. The van der Waals surface area contributed by atoms with Crippen molar-refractivity contribution in [2.24, 2.45) is 5.73 Å². The molecule has 0 saturated heterocycles. The van der Waals surface area contributed by atoms with Gasteiger partial charge in [0.1, 0.15) is 18.4 Å². The number of nitrogens with two attached hydrogens (primary N) is 1. The van der Waals surface area contributed by atoms with Crippen molar-refractivity contribution in [1.29, 1.82) is 0 Å². The first-order chi connectivity index (χ1) is 9.06. The lowest BCUT2D eigenvalue weighted by Crippen LogP contribution is -2.33. The maximum absolute atomic E-state index is 11.2. The monoisotopic (exact) mass is 283 g/mol. The van der Waals surface area contributed by atoms with Crippen LogP contribution in [0.2, 0.25) is 0 Å². The maximum atomic E-state index is 11.2.